The summed E-state index contributed by atoms with van der Waals surface area (Å²) in [4.78, 5) is 15.3. The Morgan fingerprint density at radius 2 is 1.37 bits per heavy atom. The topological polar surface area (TPSA) is 68.6 Å². The first-order valence-corrected chi connectivity index (χ1v) is 20.2. The molecule has 54 heavy (non-hydrogen) atoms. The average molecular weight is 731 g/mol. The summed E-state index contributed by atoms with van der Waals surface area (Å²) >= 11 is 0. The van der Waals surface area contributed by atoms with Gasteiger partial charge in [-0.1, -0.05) is 117 Å². The number of benzene rings is 4. The van der Waals surface area contributed by atoms with Crippen LogP contribution < -0.4 is 10.1 Å². The van der Waals surface area contributed by atoms with Crippen molar-refractivity contribution in [3.05, 3.63) is 115 Å². The summed E-state index contributed by atoms with van der Waals surface area (Å²) in [6.07, 6.45) is 11.5. The van der Waals surface area contributed by atoms with Gasteiger partial charge in [0, 0.05) is 25.1 Å². The maximum atomic E-state index is 12.8. The van der Waals surface area contributed by atoms with Crippen LogP contribution in [0.2, 0.25) is 0 Å². The molecule has 0 atom stereocenters. The summed E-state index contributed by atoms with van der Waals surface area (Å²) < 4.78 is 15.2. The Hall–Kier alpha value is -4.66. The van der Waals surface area contributed by atoms with Crippen molar-refractivity contribution in [1.29, 1.82) is 0 Å². The maximum absolute atomic E-state index is 12.8. The fraction of sp³-hybridized carbons (Fsp3) is 0.435. The molecule has 286 valence electrons. The second-order valence-electron chi connectivity index (χ2n) is 15.5. The second-order valence-corrected chi connectivity index (χ2v) is 15.5. The third-order valence-electron chi connectivity index (χ3n) is 10.7. The highest BCUT2D eigenvalue weighted by atomic mass is 16.6. The number of aromatic nitrogens is 2. The van der Waals surface area contributed by atoms with E-state index in [9.17, 15) is 4.79 Å². The highest BCUT2D eigenvalue weighted by molar-refractivity contribution is 5.91. The number of carbonyl (C=O) groups excluding carboxylic acids is 1. The van der Waals surface area contributed by atoms with Crippen LogP contribution in [0.4, 0.5) is 10.5 Å². The second kappa shape index (κ2) is 20.1. The van der Waals surface area contributed by atoms with Gasteiger partial charge in [0.05, 0.1) is 56.9 Å². The summed E-state index contributed by atoms with van der Waals surface area (Å²) in [5.74, 6) is 0.740. The molecule has 4 aromatic carbocycles. The van der Waals surface area contributed by atoms with Crippen molar-refractivity contribution in [2.24, 2.45) is 0 Å². The number of piperidine rings is 1. The number of hydrogen-bond acceptors (Lipinski definition) is 5. The number of unbranched alkanes of at least 4 members (excludes halogenated alkanes) is 6. The van der Waals surface area contributed by atoms with Gasteiger partial charge in [-0.2, -0.15) is 0 Å². The zero-order chi connectivity index (χ0) is 37.4. The van der Waals surface area contributed by atoms with Gasteiger partial charge < -0.3 is 18.9 Å². The Bertz CT molecular complexity index is 1850. The molecule has 1 aromatic heterocycles. The van der Waals surface area contributed by atoms with Crippen molar-refractivity contribution in [3.63, 3.8) is 0 Å². The number of anilines is 1. The van der Waals surface area contributed by atoms with Crippen molar-refractivity contribution < 1.29 is 18.8 Å². The summed E-state index contributed by atoms with van der Waals surface area (Å²) in [5, 5.41) is 8.91. The molecule has 5 aromatic rings. The molecule has 1 N–H and O–H groups in total. The molecule has 1 fully saturated rings. The minimum Gasteiger partial charge on any atom is -0.476 e. The van der Waals surface area contributed by atoms with Crippen LogP contribution in [-0.2, 0) is 11.3 Å². The molecule has 0 unspecified atom stereocenters. The molecule has 6 rings (SSSR count). The molecule has 0 spiro atoms. The predicted octanol–water partition coefficient (Wildman–Crippen LogP) is 10.0. The van der Waals surface area contributed by atoms with Crippen molar-refractivity contribution in [1.82, 2.24) is 14.7 Å². The molecule has 8 nitrogen and oxygen atoms in total. The Balaban J connectivity index is 0.777. The van der Waals surface area contributed by atoms with Crippen LogP contribution in [0.15, 0.2) is 109 Å². The Morgan fingerprint density at radius 1 is 0.741 bits per heavy atom. The number of hydrogen-bond donors (Lipinski definition) is 1. The number of nitrogens with zero attached hydrogens (tertiary/aromatic N) is 4. The lowest BCUT2D eigenvalue weighted by Gasteiger charge is -2.31. The zero-order valence-corrected chi connectivity index (χ0v) is 32.5. The first-order chi connectivity index (χ1) is 26.4. The van der Waals surface area contributed by atoms with Crippen LogP contribution in [0.1, 0.15) is 69.8 Å². The van der Waals surface area contributed by atoms with E-state index in [0.717, 1.165) is 90.1 Å². The largest absolute Gasteiger partial charge is 0.476 e. The first-order valence-electron chi connectivity index (χ1n) is 20.2. The van der Waals surface area contributed by atoms with E-state index in [1.807, 2.05) is 48.5 Å². The summed E-state index contributed by atoms with van der Waals surface area (Å²) in [6, 6.07) is 36.8. The van der Waals surface area contributed by atoms with Gasteiger partial charge in [0.15, 0.2) is 0 Å². The lowest BCUT2D eigenvalue weighted by molar-refractivity contribution is -0.890. The van der Waals surface area contributed by atoms with E-state index in [-0.39, 0.29) is 12.2 Å². The standard InChI is InChI=1S/C46H59N5O3/c1-51(2,35-20-36-53-45-42-26-15-17-28-44(42)50(48-45)37-38-21-10-8-11-22-38)34-19-7-5-3-4-6-18-31-49-32-29-40(30-33-49)54-46(52)47-43-27-16-14-25-41(43)39-23-12-9-13-24-39/h8-17,21-28,40H,3-7,18-20,29-37H2,1-2H3/p+1. The van der Waals surface area contributed by atoms with Crippen molar-refractivity contribution in [3.8, 4) is 17.0 Å². The maximum Gasteiger partial charge on any atom is 0.411 e. The first kappa shape index (κ1) is 39.0. The molecule has 1 aliphatic rings. The van der Waals surface area contributed by atoms with Crippen LogP contribution in [-0.4, -0.2) is 84.8 Å². The van der Waals surface area contributed by atoms with Gasteiger partial charge >= 0.3 is 6.09 Å². The van der Waals surface area contributed by atoms with E-state index in [4.69, 9.17) is 14.6 Å². The molecular formula is C46H60N5O3+. The number of ether oxygens (including phenoxy) is 2. The van der Waals surface area contributed by atoms with Crippen LogP contribution >= 0.6 is 0 Å². The number of carbonyl (C=O) groups is 1. The molecular weight excluding hydrogens is 671 g/mol. The number of amides is 1. The highest BCUT2D eigenvalue weighted by Gasteiger charge is 2.23. The van der Waals surface area contributed by atoms with Crippen LogP contribution in [0.25, 0.3) is 22.0 Å². The van der Waals surface area contributed by atoms with E-state index >= 15 is 0 Å². The summed E-state index contributed by atoms with van der Waals surface area (Å²) in [6.45, 7) is 6.86. The van der Waals surface area contributed by atoms with Crippen LogP contribution in [0.5, 0.6) is 5.88 Å². The minimum absolute atomic E-state index is 0.0241. The lowest BCUT2D eigenvalue weighted by Crippen LogP contribution is -2.41. The number of likely N-dealkylation sites (tertiary alicyclic amines) is 1. The third kappa shape index (κ3) is 11.9. The number of rotatable bonds is 20. The van der Waals surface area contributed by atoms with E-state index in [1.54, 1.807) is 0 Å². The van der Waals surface area contributed by atoms with Gasteiger partial charge in [0.2, 0.25) is 5.88 Å². The normalized spacial score (nSPS) is 14.0. The van der Waals surface area contributed by atoms with Gasteiger partial charge in [0.25, 0.3) is 0 Å². The van der Waals surface area contributed by atoms with Crippen molar-refractivity contribution in [2.75, 3.05) is 58.7 Å². The smallest absolute Gasteiger partial charge is 0.411 e. The van der Waals surface area contributed by atoms with Gasteiger partial charge in [0.1, 0.15) is 6.10 Å². The molecule has 0 saturated carbocycles. The van der Waals surface area contributed by atoms with E-state index in [2.05, 4.69) is 89.7 Å². The Labute approximate surface area is 322 Å². The number of quaternary nitrogens is 1. The molecule has 0 aliphatic carbocycles. The Morgan fingerprint density at radius 3 is 2.15 bits per heavy atom. The van der Waals surface area contributed by atoms with Crippen LogP contribution in [0, 0.1) is 0 Å². The lowest BCUT2D eigenvalue weighted by atomic mass is 10.0. The average Bonchev–Trinajstić information content (AvgIpc) is 3.54. The van der Waals surface area contributed by atoms with E-state index < -0.39 is 0 Å². The molecule has 1 aliphatic heterocycles. The fourth-order valence-corrected chi connectivity index (χ4v) is 7.62. The third-order valence-corrected chi connectivity index (χ3v) is 10.7. The number of nitrogens with one attached hydrogen (secondary N) is 1. The van der Waals surface area contributed by atoms with Gasteiger partial charge in [-0.05, 0) is 68.0 Å². The quantitative estimate of drug-likeness (QED) is 0.0638. The monoisotopic (exact) mass is 730 g/mol. The van der Waals surface area contributed by atoms with Gasteiger partial charge in [-0.15, -0.1) is 5.10 Å². The number of para-hydroxylation sites is 2. The van der Waals surface area contributed by atoms with Gasteiger partial charge in [-0.25, -0.2) is 4.79 Å². The van der Waals surface area contributed by atoms with Crippen molar-refractivity contribution >= 4 is 22.7 Å². The molecule has 1 saturated heterocycles. The number of fused-ring (bicyclic) bond motifs is 1. The Kier molecular flexibility index (Phi) is 14.6. The molecule has 0 radical (unpaired) electrons. The zero-order valence-electron chi connectivity index (χ0n) is 32.5. The van der Waals surface area contributed by atoms with Crippen molar-refractivity contribution in [2.45, 2.75) is 76.9 Å². The molecule has 1 amide bonds. The van der Waals surface area contributed by atoms with E-state index in [1.165, 1.54) is 57.1 Å². The molecule has 8 heteroatoms. The van der Waals surface area contributed by atoms with Crippen LogP contribution in [0.3, 0.4) is 0 Å². The molecule has 0 bridgehead atoms. The SMILES string of the molecule is C[N+](C)(CCCCCCCCCN1CCC(OC(=O)Nc2ccccc2-c2ccccc2)CC1)CCCOc1nn(Cc2ccccc2)c2ccccc12. The van der Waals surface area contributed by atoms with Gasteiger partial charge in [-0.3, -0.25) is 10.00 Å². The fourth-order valence-electron chi connectivity index (χ4n) is 7.62. The van der Waals surface area contributed by atoms with E-state index in [0.29, 0.717) is 6.61 Å². The predicted molar refractivity (Wildman–Crippen MR) is 221 cm³/mol. The molecule has 2 heterocycles. The minimum atomic E-state index is -0.363. The highest BCUT2D eigenvalue weighted by Crippen LogP contribution is 2.28. The summed E-state index contributed by atoms with van der Waals surface area (Å²) in [5.41, 5.74) is 5.19. The summed E-state index contributed by atoms with van der Waals surface area (Å²) in [7, 11) is 4.69.